The molecule has 0 atom stereocenters. The molecule has 0 aliphatic carbocycles. The maximum Gasteiger partial charge on any atom is 0.129 e. The van der Waals surface area contributed by atoms with Gasteiger partial charge in [0.25, 0.3) is 0 Å². The van der Waals surface area contributed by atoms with Crippen molar-refractivity contribution in [3.05, 3.63) is 65.2 Å². The van der Waals surface area contributed by atoms with Gasteiger partial charge in [0.05, 0.1) is 5.52 Å². The maximum absolute atomic E-state index is 6.03. The van der Waals surface area contributed by atoms with Crippen LogP contribution in [0.25, 0.3) is 10.9 Å². The van der Waals surface area contributed by atoms with Gasteiger partial charge in [-0.25, -0.2) is 4.98 Å². The summed E-state index contributed by atoms with van der Waals surface area (Å²) in [6.45, 7) is 5.31. The monoisotopic (exact) mass is 499 g/mol. The van der Waals surface area contributed by atoms with Crippen molar-refractivity contribution in [2.45, 2.75) is 44.3 Å². The molecule has 7 heteroatoms. The number of hydrogen-bond acceptors (Lipinski definition) is 5. The lowest BCUT2D eigenvalue weighted by atomic mass is 9.99. The van der Waals surface area contributed by atoms with E-state index in [1.54, 1.807) is 0 Å². The first kappa shape index (κ1) is 25.1. The minimum atomic E-state index is 0. The van der Waals surface area contributed by atoms with Crippen molar-refractivity contribution in [1.29, 1.82) is 0 Å². The summed E-state index contributed by atoms with van der Waals surface area (Å²) in [6.07, 6.45) is 4.93. The van der Waals surface area contributed by atoms with Crippen LogP contribution in [0.3, 0.4) is 0 Å². The Hall–Kier alpha value is -2.05. The Morgan fingerprint density at radius 1 is 0.912 bits per heavy atom. The van der Waals surface area contributed by atoms with E-state index in [2.05, 4.69) is 69.9 Å². The number of likely N-dealkylation sites (tertiary alicyclic amines) is 1. The average Bonchev–Trinajstić information content (AvgIpc) is 2.85. The van der Waals surface area contributed by atoms with Crippen LogP contribution >= 0.6 is 24.0 Å². The largest absolute Gasteiger partial charge is 0.371 e. The SMILES string of the molecule is CN1CCC(NC2CCN(c3cc(NCc4ccc(Cl)cc4)nc4ccccc34)CC2)CC1.Cl. The highest BCUT2D eigenvalue weighted by Gasteiger charge is 2.25. The van der Waals surface area contributed by atoms with Crippen molar-refractivity contribution in [2.24, 2.45) is 0 Å². The fraction of sp³-hybridized carbons (Fsp3) is 0.444. The Balaban J connectivity index is 0.00000274. The van der Waals surface area contributed by atoms with E-state index in [0.29, 0.717) is 12.1 Å². The van der Waals surface area contributed by atoms with Crippen molar-refractivity contribution in [3.63, 3.8) is 0 Å². The molecule has 182 valence electrons. The molecule has 2 saturated heterocycles. The molecule has 2 fully saturated rings. The molecular weight excluding hydrogens is 465 g/mol. The summed E-state index contributed by atoms with van der Waals surface area (Å²) in [5.41, 5.74) is 3.52. The Morgan fingerprint density at radius 3 is 2.26 bits per heavy atom. The molecule has 1 aromatic heterocycles. The zero-order valence-corrected chi connectivity index (χ0v) is 21.4. The van der Waals surface area contributed by atoms with Gasteiger partial charge in [-0.2, -0.15) is 0 Å². The van der Waals surface area contributed by atoms with Gasteiger partial charge in [0.15, 0.2) is 0 Å². The summed E-state index contributed by atoms with van der Waals surface area (Å²) in [6, 6.07) is 20.0. The fourth-order valence-corrected chi connectivity index (χ4v) is 5.23. The van der Waals surface area contributed by atoms with Gasteiger partial charge in [-0.15, -0.1) is 12.4 Å². The van der Waals surface area contributed by atoms with Gasteiger partial charge < -0.3 is 20.4 Å². The van der Waals surface area contributed by atoms with E-state index in [1.807, 2.05) is 12.1 Å². The topological polar surface area (TPSA) is 43.4 Å². The van der Waals surface area contributed by atoms with E-state index < -0.39 is 0 Å². The van der Waals surface area contributed by atoms with Gasteiger partial charge in [-0.05, 0) is 69.6 Å². The molecule has 2 N–H and O–H groups in total. The third-order valence-electron chi connectivity index (χ3n) is 7.11. The number of hydrogen-bond donors (Lipinski definition) is 2. The number of aromatic nitrogens is 1. The summed E-state index contributed by atoms with van der Waals surface area (Å²) >= 11 is 6.03. The summed E-state index contributed by atoms with van der Waals surface area (Å²) in [7, 11) is 2.23. The molecule has 2 aromatic carbocycles. The van der Waals surface area contributed by atoms with Crippen LogP contribution in [0.5, 0.6) is 0 Å². The van der Waals surface area contributed by atoms with Crippen LogP contribution < -0.4 is 15.5 Å². The number of anilines is 2. The molecule has 34 heavy (non-hydrogen) atoms. The lowest BCUT2D eigenvalue weighted by molar-refractivity contribution is 0.217. The van der Waals surface area contributed by atoms with E-state index in [0.717, 1.165) is 36.0 Å². The normalized spacial score (nSPS) is 18.1. The fourth-order valence-electron chi connectivity index (χ4n) is 5.10. The molecule has 2 aliphatic rings. The number of rotatable bonds is 6. The molecule has 3 aromatic rings. The van der Waals surface area contributed by atoms with Crippen molar-refractivity contribution in [2.75, 3.05) is 43.4 Å². The molecule has 0 bridgehead atoms. The number of nitrogens with one attached hydrogen (secondary N) is 2. The second kappa shape index (κ2) is 11.6. The molecule has 3 heterocycles. The van der Waals surface area contributed by atoms with Gasteiger partial charge in [0.2, 0.25) is 0 Å². The highest BCUT2D eigenvalue weighted by Crippen LogP contribution is 2.31. The highest BCUT2D eigenvalue weighted by molar-refractivity contribution is 6.30. The Bertz CT molecular complexity index is 1060. The second-order valence-corrected chi connectivity index (χ2v) is 9.97. The molecule has 0 spiro atoms. The first-order valence-electron chi connectivity index (χ1n) is 12.2. The molecule has 5 rings (SSSR count). The smallest absolute Gasteiger partial charge is 0.129 e. The Labute approximate surface area is 214 Å². The second-order valence-electron chi connectivity index (χ2n) is 9.53. The van der Waals surface area contributed by atoms with E-state index in [9.17, 15) is 0 Å². The van der Waals surface area contributed by atoms with E-state index >= 15 is 0 Å². The number of fused-ring (bicyclic) bond motifs is 1. The van der Waals surface area contributed by atoms with Crippen molar-refractivity contribution >= 4 is 46.4 Å². The molecule has 0 radical (unpaired) electrons. The van der Waals surface area contributed by atoms with Gasteiger partial charge in [0, 0.05) is 53.9 Å². The maximum atomic E-state index is 6.03. The van der Waals surface area contributed by atoms with Crippen LogP contribution in [-0.2, 0) is 6.54 Å². The van der Waals surface area contributed by atoms with E-state index in [4.69, 9.17) is 16.6 Å². The van der Waals surface area contributed by atoms with Gasteiger partial charge in [0.1, 0.15) is 5.82 Å². The number of pyridine rings is 1. The Kier molecular flexibility index (Phi) is 8.54. The lowest BCUT2D eigenvalue weighted by Gasteiger charge is -2.38. The van der Waals surface area contributed by atoms with Gasteiger partial charge in [-0.3, -0.25) is 0 Å². The predicted molar refractivity (Wildman–Crippen MR) is 147 cm³/mol. The zero-order valence-electron chi connectivity index (χ0n) is 19.8. The molecule has 0 saturated carbocycles. The van der Waals surface area contributed by atoms with Crippen LogP contribution in [0, 0.1) is 0 Å². The van der Waals surface area contributed by atoms with Crippen LogP contribution in [0.2, 0.25) is 5.02 Å². The summed E-state index contributed by atoms with van der Waals surface area (Å²) in [4.78, 5) is 9.87. The van der Waals surface area contributed by atoms with Gasteiger partial charge >= 0.3 is 0 Å². The molecular formula is C27H35Cl2N5. The van der Waals surface area contributed by atoms with E-state index in [1.165, 1.54) is 55.4 Å². The standard InChI is InChI=1S/C27H34ClN5.ClH/c1-32-14-10-22(11-15-32)30-23-12-16-33(17-13-23)26-18-27(31-25-5-3-2-4-24(25)26)29-19-20-6-8-21(28)9-7-20;/h2-9,18,22-23,30H,10-17,19H2,1H3,(H,29,31);1H. The number of nitrogens with zero attached hydrogens (tertiary/aromatic N) is 3. The molecule has 5 nitrogen and oxygen atoms in total. The minimum absolute atomic E-state index is 0. The summed E-state index contributed by atoms with van der Waals surface area (Å²) in [5, 5.41) is 9.47. The predicted octanol–water partition coefficient (Wildman–Crippen LogP) is 5.57. The average molecular weight is 501 g/mol. The number of benzene rings is 2. The minimum Gasteiger partial charge on any atom is -0.371 e. The first-order chi connectivity index (χ1) is 16.1. The number of halogens is 2. The molecule has 0 amide bonds. The Morgan fingerprint density at radius 2 is 1.56 bits per heavy atom. The summed E-state index contributed by atoms with van der Waals surface area (Å²) < 4.78 is 0. The number of para-hydroxylation sites is 1. The molecule has 2 aliphatic heterocycles. The number of piperidine rings is 2. The third-order valence-corrected chi connectivity index (χ3v) is 7.36. The molecule has 0 unspecified atom stereocenters. The van der Waals surface area contributed by atoms with Gasteiger partial charge in [-0.1, -0.05) is 41.9 Å². The first-order valence-corrected chi connectivity index (χ1v) is 12.6. The van der Waals surface area contributed by atoms with Crippen LogP contribution in [-0.4, -0.2) is 55.2 Å². The lowest BCUT2D eigenvalue weighted by Crippen LogP contribution is -2.49. The van der Waals surface area contributed by atoms with Crippen molar-refractivity contribution in [1.82, 2.24) is 15.2 Å². The third kappa shape index (κ3) is 6.14. The van der Waals surface area contributed by atoms with E-state index in [-0.39, 0.29) is 12.4 Å². The van der Waals surface area contributed by atoms with Crippen LogP contribution in [0.4, 0.5) is 11.5 Å². The zero-order chi connectivity index (χ0) is 22.6. The van der Waals surface area contributed by atoms with Crippen molar-refractivity contribution in [3.8, 4) is 0 Å². The van der Waals surface area contributed by atoms with Crippen LogP contribution in [0.1, 0.15) is 31.2 Å². The summed E-state index contributed by atoms with van der Waals surface area (Å²) in [5.74, 6) is 0.922. The quantitative estimate of drug-likeness (QED) is 0.463. The van der Waals surface area contributed by atoms with Crippen molar-refractivity contribution < 1.29 is 0 Å². The highest BCUT2D eigenvalue weighted by atomic mass is 35.5. The van der Waals surface area contributed by atoms with Crippen LogP contribution in [0.15, 0.2) is 54.6 Å².